The number of aromatic hydroxyl groups is 1. The van der Waals surface area contributed by atoms with Gasteiger partial charge >= 0.3 is 0 Å². The first kappa shape index (κ1) is 17.5. The van der Waals surface area contributed by atoms with Crippen LogP contribution in [0.15, 0.2) is 82.0 Å². The van der Waals surface area contributed by atoms with Crippen LogP contribution in [0.1, 0.15) is 15.9 Å². The monoisotopic (exact) mass is 371 g/mol. The highest BCUT2D eigenvalue weighted by atomic mass is 16.3. The maximum atomic E-state index is 12.9. The Hall–Kier alpha value is -3.86. The molecular weight excluding hydrogens is 354 g/mol. The number of fused-ring (bicyclic) bond motifs is 1. The lowest BCUT2D eigenvalue weighted by molar-refractivity contribution is 0.102. The molecule has 0 radical (unpaired) electrons. The van der Waals surface area contributed by atoms with E-state index in [0.29, 0.717) is 22.4 Å². The van der Waals surface area contributed by atoms with Gasteiger partial charge in [-0.1, -0.05) is 42.5 Å². The third-order valence-electron chi connectivity index (χ3n) is 4.53. The maximum Gasteiger partial charge on any atom is 0.259 e. The normalized spacial score (nSPS) is 10.8. The fourth-order valence-corrected chi connectivity index (χ4v) is 3.14. The summed E-state index contributed by atoms with van der Waals surface area (Å²) >= 11 is 0. The van der Waals surface area contributed by atoms with E-state index in [4.69, 9.17) is 4.42 Å². The van der Waals surface area contributed by atoms with Gasteiger partial charge in [0.15, 0.2) is 11.0 Å². The van der Waals surface area contributed by atoms with Gasteiger partial charge < -0.3 is 14.8 Å². The van der Waals surface area contributed by atoms with Gasteiger partial charge in [0, 0.05) is 22.9 Å². The van der Waals surface area contributed by atoms with Crippen LogP contribution in [0.3, 0.4) is 0 Å². The molecule has 0 saturated heterocycles. The third-order valence-corrected chi connectivity index (χ3v) is 4.53. The average Bonchev–Trinajstić information content (AvgIpc) is 2.71. The zero-order chi connectivity index (χ0) is 19.7. The largest absolute Gasteiger partial charge is 0.508 e. The van der Waals surface area contributed by atoms with Crippen LogP contribution >= 0.6 is 0 Å². The molecule has 0 fully saturated rings. The summed E-state index contributed by atoms with van der Waals surface area (Å²) in [4.78, 5) is 25.7. The van der Waals surface area contributed by atoms with Crippen LogP contribution in [0.4, 0.5) is 5.69 Å². The van der Waals surface area contributed by atoms with E-state index < -0.39 is 5.91 Å². The van der Waals surface area contributed by atoms with Crippen molar-refractivity contribution in [3.8, 4) is 17.1 Å². The number of hydrogen-bond donors (Lipinski definition) is 2. The molecule has 5 heteroatoms. The molecule has 2 N–H and O–H groups in total. The van der Waals surface area contributed by atoms with E-state index in [9.17, 15) is 14.7 Å². The summed E-state index contributed by atoms with van der Waals surface area (Å²) < 4.78 is 6.06. The minimum atomic E-state index is -0.429. The lowest BCUT2D eigenvalue weighted by Crippen LogP contribution is -2.14. The maximum absolute atomic E-state index is 12.9. The summed E-state index contributed by atoms with van der Waals surface area (Å²) in [7, 11) is 0. The molecule has 3 aromatic carbocycles. The van der Waals surface area contributed by atoms with E-state index in [1.54, 1.807) is 37.3 Å². The highest BCUT2D eigenvalue weighted by molar-refractivity contribution is 6.11. The van der Waals surface area contributed by atoms with Gasteiger partial charge in [-0.15, -0.1) is 0 Å². The van der Waals surface area contributed by atoms with Crippen molar-refractivity contribution in [3.05, 3.63) is 94.1 Å². The SMILES string of the molecule is Cc1c(-c2ccccc2)oc2c(C(=O)Nc3cccc(O)c3)cccc2c1=O. The highest BCUT2D eigenvalue weighted by Gasteiger charge is 2.18. The molecule has 4 rings (SSSR count). The summed E-state index contributed by atoms with van der Waals surface area (Å²) in [6.45, 7) is 1.72. The Morgan fingerprint density at radius 1 is 0.964 bits per heavy atom. The molecule has 4 aromatic rings. The van der Waals surface area contributed by atoms with Crippen molar-refractivity contribution in [2.24, 2.45) is 0 Å². The number of phenols is 1. The predicted octanol–water partition coefficient (Wildman–Crippen LogP) is 4.73. The number of carbonyl (C=O) groups is 1. The molecule has 138 valence electrons. The van der Waals surface area contributed by atoms with Gasteiger partial charge in [0.1, 0.15) is 11.5 Å². The first-order chi connectivity index (χ1) is 13.5. The summed E-state index contributed by atoms with van der Waals surface area (Å²) in [5, 5.41) is 12.7. The van der Waals surface area contributed by atoms with E-state index >= 15 is 0 Å². The van der Waals surface area contributed by atoms with Crippen LogP contribution < -0.4 is 10.7 Å². The number of phenolic OH excluding ortho intramolecular Hbond substituents is 1. The van der Waals surface area contributed by atoms with Gasteiger partial charge in [0.2, 0.25) is 0 Å². The number of para-hydroxylation sites is 1. The van der Waals surface area contributed by atoms with Crippen molar-refractivity contribution >= 4 is 22.6 Å². The molecule has 0 atom stereocenters. The van der Waals surface area contributed by atoms with Crippen molar-refractivity contribution in [2.75, 3.05) is 5.32 Å². The number of benzene rings is 3. The molecule has 0 bridgehead atoms. The first-order valence-electron chi connectivity index (χ1n) is 8.77. The Kier molecular flexibility index (Phi) is 4.41. The van der Waals surface area contributed by atoms with E-state index in [1.165, 1.54) is 12.1 Å². The standard InChI is InChI=1S/C23H17NO4/c1-14-20(26)18-11-6-12-19(23(27)24-16-9-5-10-17(25)13-16)22(18)28-21(14)15-7-3-2-4-8-15/h2-13,25H,1H3,(H,24,27). The van der Waals surface area contributed by atoms with Crippen molar-refractivity contribution in [2.45, 2.75) is 6.92 Å². The van der Waals surface area contributed by atoms with Crippen LogP contribution in [0.25, 0.3) is 22.3 Å². The third kappa shape index (κ3) is 3.14. The smallest absolute Gasteiger partial charge is 0.259 e. The summed E-state index contributed by atoms with van der Waals surface area (Å²) in [6, 6.07) is 20.5. The lowest BCUT2D eigenvalue weighted by atomic mass is 10.0. The molecule has 1 aromatic heterocycles. The van der Waals surface area contributed by atoms with Crippen molar-refractivity contribution in [1.82, 2.24) is 0 Å². The van der Waals surface area contributed by atoms with Crippen LogP contribution in [-0.4, -0.2) is 11.0 Å². The second-order valence-electron chi connectivity index (χ2n) is 6.44. The minimum Gasteiger partial charge on any atom is -0.508 e. The molecule has 0 unspecified atom stereocenters. The van der Waals surface area contributed by atoms with Gasteiger partial charge in [0.25, 0.3) is 5.91 Å². The minimum absolute atomic E-state index is 0.0456. The van der Waals surface area contributed by atoms with E-state index in [0.717, 1.165) is 5.56 Å². The van der Waals surface area contributed by atoms with E-state index in [-0.39, 0.29) is 22.3 Å². The van der Waals surface area contributed by atoms with Gasteiger partial charge in [-0.05, 0) is 31.2 Å². The zero-order valence-electron chi connectivity index (χ0n) is 15.1. The topological polar surface area (TPSA) is 79.5 Å². The van der Waals surface area contributed by atoms with Crippen molar-refractivity contribution < 1.29 is 14.3 Å². The van der Waals surface area contributed by atoms with Crippen LogP contribution in [0.5, 0.6) is 5.75 Å². The van der Waals surface area contributed by atoms with Crippen LogP contribution in [0, 0.1) is 6.92 Å². The fourth-order valence-electron chi connectivity index (χ4n) is 3.14. The van der Waals surface area contributed by atoms with Gasteiger partial charge in [-0.3, -0.25) is 9.59 Å². The van der Waals surface area contributed by atoms with Gasteiger partial charge in [-0.2, -0.15) is 0 Å². The Morgan fingerprint density at radius 2 is 1.71 bits per heavy atom. The molecule has 1 heterocycles. The number of carbonyl (C=O) groups excluding carboxylic acids is 1. The molecule has 0 saturated carbocycles. The zero-order valence-corrected chi connectivity index (χ0v) is 15.1. The predicted molar refractivity (Wildman–Crippen MR) is 109 cm³/mol. The summed E-state index contributed by atoms with van der Waals surface area (Å²) in [6.07, 6.45) is 0. The first-order valence-corrected chi connectivity index (χ1v) is 8.77. The Bertz CT molecular complexity index is 1240. The molecular formula is C23H17NO4. The number of amides is 1. The van der Waals surface area contributed by atoms with Gasteiger partial charge in [0.05, 0.1) is 10.9 Å². The molecule has 0 aliphatic rings. The van der Waals surface area contributed by atoms with E-state index in [2.05, 4.69) is 5.32 Å². The molecule has 0 aliphatic carbocycles. The summed E-state index contributed by atoms with van der Waals surface area (Å²) in [5.41, 5.74) is 2.00. The quantitative estimate of drug-likeness (QED) is 0.546. The number of hydrogen-bond acceptors (Lipinski definition) is 4. The lowest BCUT2D eigenvalue weighted by Gasteiger charge is -2.11. The average molecular weight is 371 g/mol. The Labute approximate surface area is 160 Å². The van der Waals surface area contributed by atoms with E-state index in [1.807, 2.05) is 30.3 Å². The second kappa shape index (κ2) is 7.04. The Balaban J connectivity index is 1.86. The Morgan fingerprint density at radius 3 is 2.46 bits per heavy atom. The van der Waals surface area contributed by atoms with Crippen LogP contribution in [-0.2, 0) is 0 Å². The molecule has 5 nitrogen and oxygen atoms in total. The second-order valence-corrected chi connectivity index (χ2v) is 6.44. The number of anilines is 1. The molecule has 28 heavy (non-hydrogen) atoms. The molecule has 0 aliphatic heterocycles. The highest BCUT2D eigenvalue weighted by Crippen LogP contribution is 2.28. The summed E-state index contributed by atoms with van der Waals surface area (Å²) in [5.74, 6) is 0.0576. The van der Waals surface area contributed by atoms with Gasteiger partial charge in [-0.25, -0.2) is 0 Å². The van der Waals surface area contributed by atoms with Crippen molar-refractivity contribution in [1.29, 1.82) is 0 Å². The molecule has 0 spiro atoms. The number of rotatable bonds is 3. The van der Waals surface area contributed by atoms with Crippen LogP contribution in [0.2, 0.25) is 0 Å². The van der Waals surface area contributed by atoms with Crippen molar-refractivity contribution in [3.63, 3.8) is 0 Å². The molecule has 1 amide bonds. The fraction of sp³-hybridized carbons (Fsp3) is 0.0435. The number of nitrogens with one attached hydrogen (secondary N) is 1.